The third-order valence-electron chi connectivity index (χ3n) is 4.23. The Labute approximate surface area is 141 Å². The van der Waals surface area contributed by atoms with E-state index in [-0.39, 0.29) is 5.91 Å². The fraction of sp³-hybridized carbons (Fsp3) is 0.667. The summed E-state index contributed by atoms with van der Waals surface area (Å²) < 4.78 is 6.48. The van der Waals surface area contributed by atoms with Crippen LogP contribution in [0.25, 0.3) is 0 Å². The zero-order valence-electron chi connectivity index (χ0n) is 14.1. The number of hydrogen-bond donors (Lipinski definition) is 1. The van der Waals surface area contributed by atoms with Gasteiger partial charge < -0.3 is 0 Å². The van der Waals surface area contributed by atoms with E-state index in [0.717, 1.165) is 42.4 Å². The minimum atomic E-state index is -2.32. The van der Waals surface area contributed by atoms with Crippen molar-refractivity contribution in [1.29, 1.82) is 0 Å². The number of rotatable bonds is 4. The summed E-state index contributed by atoms with van der Waals surface area (Å²) in [5, 5.41) is 3.08. The summed E-state index contributed by atoms with van der Waals surface area (Å²) in [6.45, 7) is 5.20. The van der Waals surface area contributed by atoms with Crippen molar-refractivity contribution < 1.29 is 9.53 Å². The summed E-state index contributed by atoms with van der Waals surface area (Å²) in [5.74, 6) is 1.51. The van der Waals surface area contributed by atoms with Gasteiger partial charge in [-0.25, -0.2) is 0 Å². The van der Waals surface area contributed by atoms with Crippen molar-refractivity contribution >= 4 is 39.6 Å². The van der Waals surface area contributed by atoms with Crippen molar-refractivity contribution in [2.24, 2.45) is 0 Å². The average Bonchev–Trinajstić information content (AvgIpc) is 2.53. The molecule has 2 aliphatic heterocycles. The Morgan fingerprint density at radius 2 is 2.00 bits per heavy atom. The number of aromatic nitrogens is 2. The number of morpholine rings is 1. The first-order valence-electron chi connectivity index (χ1n) is 8.17. The number of nitrogens with one attached hydrogen (secondary N) is 1. The van der Waals surface area contributed by atoms with Crippen LogP contribution in [0.1, 0.15) is 0 Å². The van der Waals surface area contributed by atoms with Crippen molar-refractivity contribution in [3.8, 4) is 0 Å². The van der Waals surface area contributed by atoms with Crippen LogP contribution in [0, 0.1) is 0 Å². The quantitative estimate of drug-likeness (QED) is 0.690. The number of hydrogen-bond acceptors (Lipinski definition) is 6. The Morgan fingerprint density at radius 1 is 1.26 bits per heavy atom. The van der Waals surface area contributed by atoms with Gasteiger partial charge in [-0.05, 0) is 0 Å². The number of ether oxygens (including phenoxy) is 1. The van der Waals surface area contributed by atoms with Gasteiger partial charge in [0.2, 0.25) is 0 Å². The maximum absolute atomic E-state index is 12.4. The topological polar surface area (TPSA) is 70.6 Å². The molecular formula is C15H25N5O2Sn. The van der Waals surface area contributed by atoms with Gasteiger partial charge in [0.15, 0.2) is 0 Å². The summed E-state index contributed by atoms with van der Waals surface area (Å²) in [6.07, 6.45) is 1.89. The van der Waals surface area contributed by atoms with Gasteiger partial charge in [0.1, 0.15) is 0 Å². The van der Waals surface area contributed by atoms with Crippen LogP contribution in [-0.4, -0.2) is 85.1 Å². The fourth-order valence-corrected chi connectivity index (χ4v) is 5.27. The molecule has 0 radical (unpaired) electrons. The van der Waals surface area contributed by atoms with Crippen molar-refractivity contribution in [1.82, 2.24) is 14.9 Å². The molecule has 0 atom stereocenters. The summed E-state index contributed by atoms with van der Waals surface area (Å²) in [4.78, 5) is 32.7. The molecule has 23 heavy (non-hydrogen) atoms. The maximum atomic E-state index is 12.4. The molecule has 1 amide bonds. The molecule has 3 rings (SSSR count). The Bertz CT molecular complexity index is 584. The van der Waals surface area contributed by atoms with Crippen molar-refractivity contribution in [2.75, 3.05) is 56.2 Å². The molecule has 0 aliphatic carbocycles. The van der Waals surface area contributed by atoms with Gasteiger partial charge in [0.05, 0.1) is 0 Å². The standard InChI is InChI=1S/C12H16N5O2.3CH3.Sn/c18-10-9-15-11-12(14-2-1-13-11)17(10)4-3-16-5-7-19-8-6-16;;;;/h1H,3-9H2,(H,13,15);3*1H3;. The van der Waals surface area contributed by atoms with Gasteiger partial charge in [-0.3, -0.25) is 0 Å². The fourth-order valence-electron chi connectivity index (χ4n) is 2.72. The Hall–Kier alpha value is -0.931. The minimum absolute atomic E-state index is 0.0707. The first kappa shape index (κ1) is 16.9. The molecule has 1 aromatic heterocycles. The molecule has 0 bridgehead atoms. The summed E-state index contributed by atoms with van der Waals surface area (Å²) >= 11 is -2.32. The van der Waals surface area contributed by atoms with Crippen LogP contribution in [0.3, 0.4) is 0 Å². The summed E-state index contributed by atoms with van der Waals surface area (Å²) in [6, 6.07) is 0. The van der Waals surface area contributed by atoms with E-state index in [0.29, 0.717) is 18.9 Å². The molecule has 2 aliphatic rings. The predicted octanol–water partition coefficient (Wildman–Crippen LogP) is 0.113. The van der Waals surface area contributed by atoms with Gasteiger partial charge in [-0.15, -0.1) is 0 Å². The average molecular weight is 426 g/mol. The van der Waals surface area contributed by atoms with Crippen LogP contribution in [0.15, 0.2) is 6.20 Å². The zero-order valence-corrected chi connectivity index (χ0v) is 17.0. The van der Waals surface area contributed by atoms with Crippen LogP contribution in [-0.2, 0) is 9.53 Å². The molecule has 126 valence electrons. The number of amides is 1. The van der Waals surface area contributed by atoms with Crippen LogP contribution in [0.2, 0.25) is 14.8 Å². The summed E-state index contributed by atoms with van der Waals surface area (Å²) in [7, 11) is 0. The number of fused-ring (bicyclic) bond motifs is 1. The molecule has 7 nitrogen and oxygen atoms in total. The third-order valence-corrected chi connectivity index (χ3v) is 9.30. The molecule has 1 N–H and O–H groups in total. The monoisotopic (exact) mass is 427 g/mol. The zero-order chi connectivity index (χ0) is 16.4. The van der Waals surface area contributed by atoms with Gasteiger partial charge >= 0.3 is 141 Å². The molecular weight excluding hydrogens is 401 g/mol. The first-order valence-corrected chi connectivity index (χ1v) is 18.2. The molecule has 1 aromatic rings. The van der Waals surface area contributed by atoms with E-state index in [1.165, 1.54) is 0 Å². The van der Waals surface area contributed by atoms with Gasteiger partial charge in [-0.2, -0.15) is 0 Å². The van der Waals surface area contributed by atoms with Crippen molar-refractivity contribution in [3.63, 3.8) is 0 Å². The van der Waals surface area contributed by atoms with Crippen LogP contribution in [0.4, 0.5) is 11.6 Å². The van der Waals surface area contributed by atoms with Crippen molar-refractivity contribution in [2.45, 2.75) is 14.8 Å². The molecule has 1 saturated heterocycles. The van der Waals surface area contributed by atoms with Gasteiger partial charge in [-0.1, -0.05) is 0 Å². The summed E-state index contributed by atoms with van der Waals surface area (Å²) in [5.41, 5.74) is 0. The molecule has 8 heteroatoms. The van der Waals surface area contributed by atoms with Gasteiger partial charge in [0.25, 0.3) is 0 Å². The van der Waals surface area contributed by atoms with Crippen LogP contribution in [0.5, 0.6) is 0 Å². The van der Waals surface area contributed by atoms with E-state index in [1.54, 1.807) is 4.90 Å². The Morgan fingerprint density at radius 3 is 2.70 bits per heavy atom. The second-order valence-electron chi connectivity index (χ2n) is 7.03. The first-order chi connectivity index (χ1) is 10.9. The molecule has 0 saturated carbocycles. The van der Waals surface area contributed by atoms with Gasteiger partial charge in [0, 0.05) is 0 Å². The molecule has 3 heterocycles. The Balaban J connectivity index is 1.79. The van der Waals surface area contributed by atoms with Crippen molar-refractivity contribution in [3.05, 3.63) is 6.20 Å². The van der Waals surface area contributed by atoms with E-state index in [2.05, 4.69) is 30.0 Å². The van der Waals surface area contributed by atoms with E-state index < -0.39 is 18.4 Å². The number of carbonyl (C=O) groups excluding carboxylic acids is 1. The number of carbonyl (C=O) groups is 1. The molecule has 1 fully saturated rings. The van der Waals surface area contributed by atoms with E-state index >= 15 is 0 Å². The molecule has 0 unspecified atom stereocenters. The normalized spacial score (nSPS) is 19.4. The van der Waals surface area contributed by atoms with Crippen LogP contribution >= 0.6 is 0 Å². The molecule has 0 spiro atoms. The number of anilines is 2. The van der Waals surface area contributed by atoms with E-state index in [9.17, 15) is 4.79 Å². The van der Waals surface area contributed by atoms with E-state index in [4.69, 9.17) is 9.72 Å². The van der Waals surface area contributed by atoms with Crippen LogP contribution < -0.4 is 13.9 Å². The molecule has 0 aromatic carbocycles. The third kappa shape index (κ3) is 3.94. The Kier molecular flexibility index (Phi) is 5.07. The van der Waals surface area contributed by atoms with E-state index in [1.807, 2.05) is 6.20 Å². The predicted molar refractivity (Wildman–Crippen MR) is 93.1 cm³/mol. The second-order valence-corrected chi connectivity index (χ2v) is 21.3. The SMILES string of the molecule is [CH3][Sn]([CH3])([CH3])[c]1cnc2c(n1)N(CCN1CCOCC1)C(=O)CN2. The second kappa shape index (κ2) is 6.90. The number of nitrogens with zero attached hydrogens (tertiary/aromatic N) is 4.